The van der Waals surface area contributed by atoms with Gasteiger partial charge in [0, 0.05) is 6.42 Å². The van der Waals surface area contributed by atoms with Gasteiger partial charge < -0.3 is 40.2 Å². The molecule has 0 saturated carbocycles. The van der Waals surface area contributed by atoms with Gasteiger partial charge in [-0.05, 0) is 24.3 Å². The monoisotopic (exact) mass is 707 g/mol. The smallest absolute Gasteiger partial charge is 0.342 e. The molecule has 4 rings (SSSR count). The van der Waals surface area contributed by atoms with E-state index < -0.39 is 73.7 Å². The number of aliphatic carboxylic acids is 2. The molecule has 49 heavy (non-hydrogen) atoms. The zero-order valence-electron chi connectivity index (χ0n) is 28.3. The number of imidazole rings is 1. The van der Waals surface area contributed by atoms with Crippen molar-refractivity contribution < 1.29 is 48.6 Å². The van der Waals surface area contributed by atoms with Crippen LogP contribution < -0.4 is 20.6 Å². The molecule has 0 radical (unpaired) electrons. The Bertz CT molecular complexity index is 1670. The molecular formula is C31H46N7O10P. The van der Waals surface area contributed by atoms with Gasteiger partial charge in [-0.2, -0.15) is 9.97 Å². The van der Waals surface area contributed by atoms with E-state index in [0.717, 1.165) is 0 Å². The highest BCUT2D eigenvalue weighted by Crippen LogP contribution is 2.47. The third kappa shape index (κ3) is 7.72. The van der Waals surface area contributed by atoms with Crippen LogP contribution in [-0.2, 0) is 29.8 Å². The summed E-state index contributed by atoms with van der Waals surface area (Å²) in [4.78, 5) is 38.0. The second-order valence-corrected chi connectivity index (χ2v) is 14.5. The van der Waals surface area contributed by atoms with E-state index in [4.69, 9.17) is 19.7 Å². The number of aromatic nitrogens is 4. The van der Waals surface area contributed by atoms with E-state index in [1.807, 2.05) is 0 Å². The van der Waals surface area contributed by atoms with Crippen molar-refractivity contribution >= 4 is 36.7 Å². The lowest BCUT2D eigenvalue weighted by Crippen LogP contribution is -2.59. The summed E-state index contributed by atoms with van der Waals surface area (Å²) in [6.45, 7) is 7.53. The molecule has 18 heteroatoms. The number of carbonyl (C=O) groups is 2. The SMILES string of the molecule is CC[C@@H](C)[C@H](NP(=O)(N[C@](Cc1ccccc1)(C(=O)O)[C@H](C)CC)OC[C@H]1O[C@@H](n2cnc3c(OC)nc(N)nc32)[C@](C)(O)[C@@H]1O)C(=O)O. The molecule has 0 bridgehead atoms. The van der Waals surface area contributed by atoms with Crippen molar-refractivity contribution in [3.05, 3.63) is 42.2 Å². The third-order valence-corrected chi connectivity index (χ3v) is 11.1. The number of hydrogen-bond donors (Lipinski definition) is 7. The number of rotatable bonds is 17. The number of carboxylic acid groups (broad SMARTS) is 2. The van der Waals surface area contributed by atoms with Gasteiger partial charge in [0.25, 0.3) is 0 Å². The Labute approximate surface area is 283 Å². The van der Waals surface area contributed by atoms with Gasteiger partial charge in [0.05, 0.1) is 20.0 Å². The number of hydrogen-bond acceptors (Lipinski definition) is 12. The lowest BCUT2D eigenvalue weighted by atomic mass is 9.79. The summed E-state index contributed by atoms with van der Waals surface area (Å²) in [7, 11) is -3.27. The van der Waals surface area contributed by atoms with Crippen LogP contribution in [0.25, 0.3) is 11.2 Å². The molecule has 1 aliphatic heterocycles. The minimum absolute atomic E-state index is 0.0745. The number of nitrogen functional groups attached to an aromatic ring is 1. The van der Waals surface area contributed by atoms with Crippen molar-refractivity contribution in [1.29, 1.82) is 0 Å². The van der Waals surface area contributed by atoms with Gasteiger partial charge in [0.2, 0.25) is 11.8 Å². The molecule has 270 valence electrons. The quantitative estimate of drug-likeness (QED) is 0.0994. The first-order valence-corrected chi connectivity index (χ1v) is 17.6. The second kappa shape index (κ2) is 15.0. The normalized spacial score (nSPS) is 25.3. The van der Waals surface area contributed by atoms with Crippen molar-refractivity contribution in [2.75, 3.05) is 19.5 Å². The lowest BCUT2D eigenvalue weighted by molar-refractivity contribution is -0.146. The van der Waals surface area contributed by atoms with Crippen molar-refractivity contribution in [1.82, 2.24) is 29.7 Å². The highest BCUT2D eigenvalue weighted by atomic mass is 31.2. The largest absolute Gasteiger partial charge is 0.480 e. The van der Waals surface area contributed by atoms with Gasteiger partial charge in [-0.1, -0.05) is 70.9 Å². The molecule has 0 amide bonds. The van der Waals surface area contributed by atoms with Crippen LogP contribution in [0.5, 0.6) is 5.88 Å². The van der Waals surface area contributed by atoms with Crippen LogP contribution in [0.2, 0.25) is 0 Å². The number of carboxylic acids is 2. The van der Waals surface area contributed by atoms with Crippen molar-refractivity contribution in [2.24, 2.45) is 11.8 Å². The fraction of sp³-hybridized carbons (Fsp3) is 0.581. The first-order valence-electron chi connectivity index (χ1n) is 15.9. The molecule has 2 aromatic heterocycles. The van der Waals surface area contributed by atoms with Gasteiger partial charge in [-0.15, -0.1) is 0 Å². The Morgan fingerprint density at radius 2 is 1.86 bits per heavy atom. The summed E-state index contributed by atoms with van der Waals surface area (Å²) in [5, 5.41) is 48.9. The minimum Gasteiger partial charge on any atom is -0.480 e. The maximum absolute atomic E-state index is 14.9. The Morgan fingerprint density at radius 1 is 1.18 bits per heavy atom. The summed E-state index contributed by atoms with van der Waals surface area (Å²) in [6.07, 6.45) is -2.39. The van der Waals surface area contributed by atoms with Crippen LogP contribution in [0.15, 0.2) is 36.7 Å². The van der Waals surface area contributed by atoms with Gasteiger partial charge >= 0.3 is 19.6 Å². The van der Waals surface area contributed by atoms with Crippen molar-refractivity contribution in [3.8, 4) is 5.88 Å². The topological polar surface area (TPSA) is 254 Å². The van der Waals surface area contributed by atoms with E-state index in [1.54, 1.807) is 58.0 Å². The standard InChI is InChI=1S/C31H46N7O10P/c1-7-17(3)21(26(40)41)36-49(45,37-31(28(42)43,18(4)8-2)14-19-12-10-9-11-13-19)47-15-20-23(39)30(5,44)27(48-20)38-16-33-22-24(38)34-29(32)35-25(22)46-6/h9-13,16-18,20-21,23,27,39,44H,7-8,14-15H2,1-6H3,(H,40,41)(H,42,43)(H2,32,34,35)(H2,36,37,45)/t17-,18-,20-,21+,23-,27-,30-,31+,49?/m1/s1. The van der Waals surface area contributed by atoms with E-state index in [2.05, 4.69) is 25.1 Å². The molecule has 1 aromatic carbocycles. The number of benzene rings is 1. The molecule has 1 unspecified atom stereocenters. The van der Waals surface area contributed by atoms with E-state index in [9.17, 15) is 34.6 Å². The lowest BCUT2D eigenvalue weighted by Gasteiger charge is -2.40. The van der Waals surface area contributed by atoms with Crippen LogP contribution in [0.4, 0.5) is 5.95 Å². The highest BCUT2D eigenvalue weighted by Gasteiger charge is 2.55. The average Bonchev–Trinajstić information content (AvgIpc) is 3.58. The van der Waals surface area contributed by atoms with Crippen LogP contribution in [0, 0.1) is 11.8 Å². The summed E-state index contributed by atoms with van der Waals surface area (Å²) in [6, 6.07) is 7.33. The number of aliphatic hydroxyl groups is 2. The van der Waals surface area contributed by atoms with E-state index >= 15 is 0 Å². The van der Waals surface area contributed by atoms with Gasteiger partial charge in [-0.3, -0.25) is 18.7 Å². The van der Waals surface area contributed by atoms with Crippen molar-refractivity contribution in [3.63, 3.8) is 0 Å². The molecule has 1 saturated heterocycles. The molecular weight excluding hydrogens is 661 g/mol. The summed E-state index contributed by atoms with van der Waals surface area (Å²) in [5.41, 5.74) is 2.93. The van der Waals surface area contributed by atoms with E-state index in [0.29, 0.717) is 18.4 Å². The molecule has 0 aliphatic carbocycles. The first-order chi connectivity index (χ1) is 23.0. The molecule has 8 N–H and O–H groups in total. The molecule has 17 nitrogen and oxygen atoms in total. The van der Waals surface area contributed by atoms with Crippen LogP contribution in [0.3, 0.4) is 0 Å². The van der Waals surface area contributed by atoms with Gasteiger partial charge in [0.1, 0.15) is 29.4 Å². The van der Waals surface area contributed by atoms with Gasteiger partial charge in [0.15, 0.2) is 17.4 Å². The fourth-order valence-corrected chi connectivity index (χ4v) is 8.12. The summed E-state index contributed by atoms with van der Waals surface area (Å²) < 4.78 is 33.4. The summed E-state index contributed by atoms with van der Waals surface area (Å²) in [5.74, 6) is -3.89. The number of ether oxygens (including phenoxy) is 2. The van der Waals surface area contributed by atoms with Crippen LogP contribution >= 0.6 is 7.67 Å². The highest BCUT2D eigenvalue weighted by molar-refractivity contribution is 7.54. The number of nitrogens with one attached hydrogen (secondary N) is 2. The third-order valence-electron chi connectivity index (χ3n) is 9.32. The van der Waals surface area contributed by atoms with Crippen LogP contribution in [0.1, 0.15) is 59.3 Å². The Hall–Kier alpha value is -3.70. The fourth-order valence-electron chi connectivity index (χ4n) is 5.91. The predicted molar refractivity (Wildman–Crippen MR) is 178 cm³/mol. The Kier molecular flexibility index (Phi) is 11.7. The number of nitrogens with two attached hydrogens (primary N) is 1. The van der Waals surface area contributed by atoms with Crippen molar-refractivity contribution in [2.45, 2.75) is 89.5 Å². The number of methoxy groups -OCH3 is 1. The first kappa shape index (κ1) is 38.1. The maximum Gasteiger partial charge on any atom is 0.342 e. The molecule has 3 aromatic rings. The molecule has 9 atom stereocenters. The Morgan fingerprint density at radius 3 is 2.43 bits per heavy atom. The molecule has 3 heterocycles. The predicted octanol–water partition coefficient (Wildman–Crippen LogP) is 2.34. The zero-order valence-corrected chi connectivity index (χ0v) is 29.2. The zero-order chi connectivity index (χ0) is 36.3. The maximum atomic E-state index is 14.9. The van der Waals surface area contributed by atoms with Crippen LogP contribution in [-0.4, -0.2) is 95.0 Å². The number of nitrogens with zero attached hydrogens (tertiary/aromatic N) is 4. The number of anilines is 1. The molecule has 1 fully saturated rings. The minimum atomic E-state index is -4.64. The van der Waals surface area contributed by atoms with Gasteiger partial charge in [-0.25, -0.2) is 15.2 Å². The Balaban J connectivity index is 1.72. The average molecular weight is 708 g/mol. The summed E-state index contributed by atoms with van der Waals surface area (Å²) >= 11 is 0. The van der Waals surface area contributed by atoms with E-state index in [-0.39, 0.29) is 29.4 Å². The molecule has 1 aliphatic rings. The number of fused-ring (bicyclic) bond motifs is 1. The van der Waals surface area contributed by atoms with E-state index in [1.165, 1.54) is 24.9 Å². The molecule has 0 spiro atoms. The second-order valence-electron chi connectivity index (χ2n) is 12.7. The number of aliphatic hydroxyl groups excluding tert-OH is 1.